The minimum Gasteiger partial charge on any atom is -0.504 e. The number of nitrogens with zero attached hydrogens (tertiary/aromatic N) is 1. The number of ether oxygens (including phenoxy) is 1. The van der Waals surface area contributed by atoms with Crippen molar-refractivity contribution in [2.45, 2.75) is 31.1 Å². The van der Waals surface area contributed by atoms with Crippen molar-refractivity contribution in [3.63, 3.8) is 0 Å². The molecule has 0 radical (unpaired) electrons. The van der Waals surface area contributed by atoms with Gasteiger partial charge in [-0.2, -0.15) is 0 Å². The number of para-hydroxylation sites is 2. The second-order valence-corrected chi connectivity index (χ2v) is 15.0. The van der Waals surface area contributed by atoms with Gasteiger partial charge in [-0.1, -0.05) is 103 Å². The monoisotopic (exact) mass is 740 g/mol. The van der Waals surface area contributed by atoms with Gasteiger partial charge < -0.3 is 15.2 Å². The van der Waals surface area contributed by atoms with Gasteiger partial charge in [0.2, 0.25) is 11.8 Å². The third-order valence-corrected chi connectivity index (χ3v) is 12.2. The molecule has 1 heterocycles. The molecular weight excluding hydrogens is 701 g/mol. The molecule has 2 fully saturated rings. The van der Waals surface area contributed by atoms with Crippen molar-refractivity contribution in [2.75, 3.05) is 16.8 Å². The molecule has 0 aromatic heterocycles. The van der Waals surface area contributed by atoms with Crippen LogP contribution in [0.4, 0.5) is 17.1 Å². The Hall–Kier alpha value is -6.54. The van der Waals surface area contributed by atoms with Crippen molar-refractivity contribution in [1.82, 2.24) is 0 Å². The first kappa shape index (κ1) is 35.2. The number of ketones is 2. The number of amides is 2. The number of allylic oxidation sites excluding steroid dienone is 4. The van der Waals surface area contributed by atoms with Gasteiger partial charge in [0.15, 0.2) is 23.1 Å². The van der Waals surface area contributed by atoms with Gasteiger partial charge in [-0.25, -0.2) is 0 Å². The third-order valence-electron chi connectivity index (χ3n) is 12.2. The van der Waals surface area contributed by atoms with Crippen molar-refractivity contribution in [3.8, 4) is 11.5 Å². The van der Waals surface area contributed by atoms with E-state index in [9.17, 15) is 14.7 Å². The predicted octanol–water partition coefficient (Wildman–Crippen LogP) is 8.56. The first-order valence-corrected chi connectivity index (χ1v) is 19.2. The number of fused-ring (bicyclic) bond motifs is 4. The fourth-order valence-corrected chi connectivity index (χ4v) is 9.90. The molecule has 6 atom stereocenters. The Bertz CT molecular complexity index is 2420. The summed E-state index contributed by atoms with van der Waals surface area (Å²) in [5.41, 5.74) is 3.56. The van der Waals surface area contributed by atoms with Crippen LogP contribution in [0, 0.1) is 23.7 Å². The molecule has 8 nitrogen and oxygen atoms in total. The second-order valence-electron chi connectivity index (χ2n) is 15.0. The third kappa shape index (κ3) is 5.42. The molecule has 5 aromatic carbocycles. The van der Waals surface area contributed by atoms with Crippen LogP contribution >= 0.6 is 0 Å². The van der Waals surface area contributed by atoms with Crippen molar-refractivity contribution in [2.24, 2.45) is 23.7 Å². The minimum absolute atomic E-state index is 0.116. The molecule has 6 unspecified atom stereocenters. The number of phenolic OH excluding ortho intramolecular Hbond substituents is 1. The number of rotatable bonds is 8. The maximum atomic E-state index is 15.3. The first-order valence-electron chi connectivity index (χ1n) is 19.2. The molecule has 0 bridgehead atoms. The van der Waals surface area contributed by atoms with Crippen LogP contribution in [0.1, 0.15) is 42.4 Å². The highest BCUT2D eigenvalue weighted by atomic mass is 16.5. The molecule has 4 aliphatic rings. The van der Waals surface area contributed by atoms with Crippen molar-refractivity contribution in [1.29, 1.82) is 0 Å². The van der Waals surface area contributed by atoms with E-state index in [1.807, 2.05) is 116 Å². The summed E-state index contributed by atoms with van der Waals surface area (Å²) in [5.74, 6) is -4.67. The SMILES string of the molecule is CCOc1cccc(C2C3=CCC4C(=O)N(c5ccc(Nc6ccccc6)cc5)C(=O)C4C3CC3C(=O)C(c4ccccc4)=CC(=O)C32c2ccccc2)c1O. The highest BCUT2D eigenvalue weighted by Gasteiger charge is 2.66. The maximum absolute atomic E-state index is 15.3. The quantitative estimate of drug-likeness (QED) is 0.121. The van der Waals surface area contributed by atoms with E-state index >= 15 is 9.59 Å². The fraction of sp³-hybridized carbons (Fsp3) is 0.208. The number of hydrogen-bond acceptors (Lipinski definition) is 7. The van der Waals surface area contributed by atoms with Crippen LogP contribution in [0.2, 0.25) is 0 Å². The van der Waals surface area contributed by atoms with Crippen molar-refractivity contribution in [3.05, 3.63) is 168 Å². The zero-order valence-electron chi connectivity index (χ0n) is 30.8. The highest BCUT2D eigenvalue weighted by Crippen LogP contribution is 2.65. The first-order chi connectivity index (χ1) is 27.3. The molecule has 3 aliphatic carbocycles. The van der Waals surface area contributed by atoms with Crippen LogP contribution in [0.15, 0.2) is 151 Å². The Kier molecular flexibility index (Phi) is 8.76. The lowest BCUT2D eigenvalue weighted by molar-refractivity contribution is -0.135. The topological polar surface area (TPSA) is 113 Å². The maximum Gasteiger partial charge on any atom is 0.238 e. The van der Waals surface area contributed by atoms with Gasteiger partial charge in [-0.05, 0) is 85.4 Å². The number of hydrogen-bond donors (Lipinski definition) is 2. The van der Waals surface area contributed by atoms with E-state index in [1.165, 1.54) is 11.0 Å². The number of carbonyl (C=O) groups excluding carboxylic acids is 4. The summed E-state index contributed by atoms with van der Waals surface area (Å²) in [6.07, 6.45) is 3.93. The number of Topliss-reactive ketones (excluding diaryl/α,β-unsaturated/α-hetero) is 1. The number of nitrogens with one attached hydrogen (secondary N) is 1. The molecule has 9 rings (SSSR count). The van der Waals surface area contributed by atoms with Crippen LogP contribution in [0.3, 0.4) is 0 Å². The second kappa shape index (κ2) is 13.9. The number of imide groups is 1. The molecule has 0 spiro atoms. The van der Waals surface area contributed by atoms with E-state index in [2.05, 4.69) is 5.32 Å². The minimum atomic E-state index is -1.46. The average molecular weight is 741 g/mol. The summed E-state index contributed by atoms with van der Waals surface area (Å²) in [5, 5.41) is 15.3. The summed E-state index contributed by atoms with van der Waals surface area (Å²) in [7, 11) is 0. The Morgan fingerprint density at radius 3 is 2.11 bits per heavy atom. The normalized spacial score (nSPS) is 25.4. The number of anilines is 3. The van der Waals surface area contributed by atoms with Gasteiger partial charge in [-0.15, -0.1) is 0 Å². The van der Waals surface area contributed by atoms with E-state index < -0.39 is 35.0 Å². The Morgan fingerprint density at radius 2 is 1.41 bits per heavy atom. The molecule has 5 aromatic rings. The molecule has 1 saturated heterocycles. The molecule has 56 heavy (non-hydrogen) atoms. The molecule has 2 N–H and O–H groups in total. The van der Waals surface area contributed by atoms with Gasteiger partial charge >= 0.3 is 0 Å². The van der Waals surface area contributed by atoms with Gasteiger partial charge in [-0.3, -0.25) is 24.1 Å². The summed E-state index contributed by atoms with van der Waals surface area (Å²) in [4.78, 5) is 60.9. The van der Waals surface area contributed by atoms with Gasteiger partial charge in [0.05, 0.1) is 29.5 Å². The Labute approximate surface area is 325 Å². The highest BCUT2D eigenvalue weighted by molar-refractivity contribution is 6.32. The zero-order chi connectivity index (χ0) is 38.6. The van der Waals surface area contributed by atoms with E-state index in [4.69, 9.17) is 4.74 Å². The van der Waals surface area contributed by atoms with Gasteiger partial charge in [0.1, 0.15) is 0 Å². The molecule has 278 valence electrons. The van der Waals surface area contributed by atoms with Gasteiger partial charge in [0, 0.05) is 34.3 Å². The predicted molar refractivity (Wildman–Crippen MR) is 215 cm³/mol. The lowest BCUT2D eigenvalue weighted by Gasteiger charge is -2.55. The van der Waals surface area contributed by atoms with E-state index in [-0.39, 0.29) is 47.7 Å². The van der Waals surface area contributed by atoms with E-state index in [1.54, 1.807) is 30.3 Å². The van der Waals surface area contributed by atoms with Crippen LogP contribution in [-0.4, -0.2) is 35.1 Å². The molecule has 1 saturated carbocycles. The summed E-state index contributed by atoms with van der Waals surface area (Å²) < 4.78 is 5.86. The lowest BCUT2D eigenvalue weighted by Crippen LogP contribution is -2.58. The average Bonchev–Trinajstić information content (AvgIpc) is 3.49. The number of aromatic hydroxyl groups is 1. The number of benzene rings is 5. The van der Waals surface area contributed by atoms with E-state index in [0.717, 1.165) is 16.9 Å². The largest absolute Gasteiger partial charge is 0.504 e. The van der Waals surface area contributed by atoms with Gasteiger partial charge in [0.25, 0.3) is 0 Å². The smallest absolute Gasteiger partial charge is 0.238 e. The zero-order valence-corrected chi connectivity index (χ0v) is 30.8. The lowest BCUT2D eigenvalue weighted by atomic mass is 9.44. The van der Waals surface area contributed by atoms with Crippen LogP contribution in [-0.2, 0) is 24.6 Å². The molecule has 8 heteroatoms. The van der Waals surface area contributed by atoms with Crippen LogP contribution < -0.4 is 15.0 Å². The van der Waals surface area contributed by atoms with Crippen LogP contribution in [0.5, 0.6) is 11.5 Å². The Balaban J connectivity index is 1.19. The molecular formula is C48H40N2O6. The summed E-state index contributed by atoms with van der Waals surface area (Å²) in [6.45, 7) is 2.13. The standard InChI is InChI=1S/C48H40N2O6/c1-2-56-40-20-12-19-36(45(40)53)43-34-25-26-35-42(47(55)50(46(35)54)33-23-21-32(22-24-33)49-31-17-10-5-11-18-31)38(34)27-39-44(52)37(29-13-6-3-7-14-29)28-41(51)48(39,43)30-15-8-4-9-16-30/h3-25,28,35,38-39,42-43,49,53H,2,26-27H2,1H3. The number of phenols is 1. The summed E-state index contributed by atoms with van der Waals surface area (Å²) >= 11 is 0. The molecule has 2 amide bonds. The summed E-state index contributed by atoms with van der Waals surface area (Å²) in [6, 6.07) is 40.7. The van der Waals surface area contributed by atoms with Crippen molar-refractivity contribution >= 4 is 46.0 Å². The number of carbonyl (C=O) groups is 4. The van der Waals surface area contributed by atoms with E-state index in [0.29, 0.717) is 34.6 Å². The Morgan fingerprint density at radius 1 is 0.750 bits per heavy atom. The van der Waals surface area contributed by atoms with Crippen molar-refractivity contribution < 1.29 is 29.0 Å². The fourth-order valence-electron chi connectivity index (χ4n) is 9.90. The molecule has 1 aliphatic heterocycles. The van der Waals surface area contributed by atoms with Crippen LogP contribution in [0.25, 0.3) is 5.57 Å².